The third kappa shape index (κ3) is 4.38. The van der Waals surface area contributed by atoms with Crippen LogP contribution in [0.4, 0.5) is 4.79 Å². The molecule has 1 heterocycles. The van der Waals surface area contributed by atoms with E-state index in [1.807, 2.05) is 14.1 Å². The van der Waals surface area contributed by atoms with Crippen LogP contribution in [0.2, 0.25) is 0 Å². The van der Waals surface area contributed by atoms with E-state index in [2.05, 4.69) is 10.2 Å². The zero-order valence-corrected chi connectivity index (χ0v) is 12.2. The number of amides is 2. The fourth-order valence-corrected chi connectivity index (χ4v) is 2.32. The van der Waals surface area contributed by atoms with Crippen molar-refractivity contribution in [3.8, 4) is 0 Å². The number of urea groups is 1. The van der Waals surface area contributed by atoms with Crippen LogP contribution in [0.25, 0.3) is 0 Å². The summed E-state index contributed by atoms with van der Waals surface area (Å²) in [6.07, 6.45) is 1.86. The van der Waals surface area contributed by atoms with E-state index >= 15 is 0 Å². The van der Waals surface area contributed by atoms with E-state index in [1.54, 1.807) is 18.7 Å². The zero-order chi connectivity index (χ0) is 14.6. The Hall–Kier alpha value is -1.30. The first-order valence-electron chi connectivity index (χ1n) is 6.77. The van der Waals surface area contributed by atoms with Gasteiger partial charge in [-0.05, 0) is 32.9 Å². The van der Waals surface area contributed by atoms with Crippen molar-refractivity contribution in [2.75, 3.05) is 27.2 Å². The highest BCUT2D eigenvalue weighted by atomic mass is 16.4. The Labute approximate surface area is 114 Å². The summed E-state index contributed by atoms with van der Waals surface area (Å²) in [4.78, 5) is 27.0. The Morgan fingerprint density at radius 1 is 1.26 bits per heavy atom. The van der Waals surface area contributed by atoms with Crippen molar-refractivity contribution < 1.29 is 14.7 Å². The normalized spacial score (nSPS) is 18.7. The van der Waals surface area contributed by atoms with Gasteiger partial charge in [-0.2, -0.15) is 0 Å². The molecule has 0 radical (unpaired) electrons. The van der Waals surface area contributed by atoms with E-state index < -0.39 is 12.0 Å². The largest absolute Gasteiger partial charge is 0.480 e. The van der Waals surface area contributed by atoms with Crippen LogP contribution >= 0.6 is 0 Å². The number of carbonyl (C=O) groups excluding carboxylic acids is 1. The number of nitrogens with zero attached hydrogens (tertiary/aromatic N) is 2. The lowest BCUT2D eigenvalue weighted by Gasteiger charge is -2.35. The maximum Gasteiger partial charge on any atom is 0.326 e. The summed E-state index contributed by atoms with van der Waals surface area (Å²) in [5.74, 6) is -1.10. The number of piperidine rings is 1. The average Bonchev–Trinajstić information content (AvgIpc) is 2.34. The van der Waals surface area contributed by atoms with Gasteiger partial charge in [0.05, 0.1) is 0 Å². The van der Waals surface area contributed by atoms with Crippen LogP contribution < -0.4 is 5.32 Å². The number of carbonyl (C=O) groups is 2. The zero-order valence-electron chi connectivity index (χ0n) is 12.2. The standard InChI is InChI=1S/C13H25N3O3/c1-9(2)11(12(17)18)14-13(19)16-7-5-10(6-8-16)15(3)4/h9-11H,5-8H2,1-4H3,(H,14,19)(H,17,18)/t11-/m1/s1. The molecule has 1 aliphatic heterocycles. The molecule has 0 bridgehead atoms. The van der Waals surface area contributed by atoms with Gasteiger partial charge in [-0.1, -0.05) is 13.8 Å². The van der Waals surface area contributed by atoms with E-state index in [4.69, 9.17) is 5.11 Å². The second kappa shape index (κ2) is 6.75. The van der Waals surface area contributed by atoms with Gasteiger partial charge in [0.1, 0.15) is 6.04 Å². The van der Waals surface area contributed by atoms with Gasteiger partial charge in [0, 0.05) is 19.1 Å². The molecule has 19 heavy (non-hydrogen) atoms. The van der Waals surface area contributed by atoms with Crippen LogP contribution in [-0.4, -0.2) is 66.2 Å². The Morgan fingerprint density at radius 2 is 1.79 bits per heavy atom. The molecular weight excluding hydrogens is 246 g/mol. The van der Waals surface area contributed by atoms with Crippen molar-refractivity contribution in [1.29, 1.82) is 0 Å². The fourth-order valence-electron chi connectivity index (χ4n) is 2.32. The van der Waals surface area contributed by atoms with E-state index in [9.17, 15) is 9.59 Å². The molecule has 0 aromatic rings. The molecule has 2 N–H and O–H groups in total. The topological polar surface area (TPSA) is 72.9 Å². The first kappa shape index (κ1) is 15.8. The molecule has 0 unspecified atom stereocenters. The number of likely N-dealkylation sites (tertiary alicyclic amines) is 1. The van der Waals surface area contributed by atoms with Gasteiger partial charge in [-0.25, -0.2) is 9.59 Å². The number of nitrogens with one attached hydrogen (secondary N) is 1. The first-order valence-corrected chi connectivity index (χ1v) is 6.77. The maximum absolute atomic E-state index is 12.0. The molecule has 0 spiro atoms. The van der Waals surface area contributed by atoms with E-state index in [-0.39, 0.29) is 11.9 Å². The first-order chi connectivity index (χ1) is 8.82. The SMILES string of the molecule is CC(C)[C@@H](NC(=O)N1CCC(N(C)C)CC1)C(=O)O. The summed E-state index contributed by atoms with van der Waals surface area (Å²) in [6, 6.07) is -0.582. The minimum absolute atomic E-state index is 0.124. The summed E-state index contributed by atoms with van der Waals surface area (Å²) in [5, 5.41) is 11.7. The highest BCUT2D eigenvalue weighted by molar-refractivity contribution is 5.82. The minimum Gasteiger partial charge on any atom is -0.480 e. The molecule has 1 fully saturated rings. The van der Waals surface area contributed by atoms with Crippen LogP contribution in [0, 0.1) is 5.92 Å². The van der Waals surface area contributed by atoms with Gasteiger partial charge in [-0.3, -0.25) is 0 Å². The number of carboxylic acid groups (broad SMARTS) is 1. The second-order valence-electron chi connectivity index (χ2n) is 5.69. The molecule has 1 saturated heterocycles. The molecule has 0 aromatic heterocycles. The predicted octanol–water partition coefficient (Wildman–Crippen LogP) is 0.831. The molecule has 1 aliphatic rings. The molecule has 0 aliphatic carbocycles. The van der Waals surface area contributed by atoms with E-state index in [1.165, 1.54) is 0 Å². The predicted molar refractivity (Wildman–Crippen MR) is 73.1 cm³/mol. The van der Waals surface area contributed by atoms with Crippen LogP contribution in [0.5, 0.6) is 0 Å². The summed E-state index contributed by atoms with van der Waals surface area (Å²) in [6.45, 7) is 4.94. The molecule has 110 valence electrons. The van der Waals surface area contributed by atoms with E-state index in [0.29, 0.717) is 19.1 Å². The molecule has 0 saturated carbocycles. The molecule has 6 nitrogen and oxygen atoms in total. The Balaban J connectivity index is 2.49. The van der Waals surface area contributed by atoms with E-state index in [0.717, 1.165) is 12.8 Å². The fraction of sp³-hybridized carbons (Fsp3) is 0.846. The Bertz CT molecular complexity index is 323. The third-order valence-electron chi connectivity index (χ3n) is 3.69. The van der Waals surface area contributed by atoms with Crippen LogP contribution in [0.1, 0.15) is 26.7 Å². The number of carboxylic acids is 1. The lowest BCUT2D eigenvalue weighted by molar-refractivity contribution is -0.140. The lowest BCUT2D eigenvalue weighted by atomic mass is 10.0. The number of rotatable bonds is 4. The van der Waals surface area contributed by atoms with Crippen LogP contribution in [0.3, 0.4) is 0 Å². The van der Waals surface area contributed by atoms with Gasteiger partial charge < -0.3 is 20.2 Å². The third-order valence-corrected chi connectivity index (χ3v) is 3.69. The number of hydrogen-bond donors (Lipinski definition) is 2. The second-order valence-corrected chi connectivity index (χ2v) is 5.69. The van der Waals surface area contributed by atoms with Crippen LogP contribution in [0.15, 0.2) is 0 Å². The number of hydrogen-bond acceptors (Lipinski definition) is 3. The molecule has 6 heteroatoms. The molecule has 2 amide bonds. The molecule has 1 atom stereocenters. The Morgan fingerprint density at radius 3 is 2.16 bits per heavy atom. The highest BCUT2D eigenvalue weighted by Gasteiger charge is 2.28. The van der Waals surface area contributed by atoms with Crippen LogP contribution in [-0.2, 0) is 4.79 Å². The van der Waals surface area contributed by atoms with Crippen molar-refractivity contribution in [2.45, 2.75) is 38.8 Å². The van der Waals surface area contributed by atoms with Gasteiger partial charge >= 0.3 is 12.0 Å². The van der Waals surface area contributed by atoms with Gasteiger partial charge in [0.25, 0.3) is 0 Å². The van der Waals surface area contributed by atoms with Crippen molar-refractivity contribution in [1.82, 2.24) is 15.1 Å². The van der Waals surface area contributed by atoms with Gasteiger partial charge in [0.2, 0.25) is 0 Å². The summed E-state index contributed by atoms with van der Waals surface area (Å²) >= 11 is 0. The lowest BCUT2D eigenvalue weighted by Crippen LogP contribution is -2.53. The Kier molecular flexibility index (Phi) is 5.60. The minimum atomic E-state index is -0.980. The average molecular weight is 271 g/mol. The molecule has 0 aromatic carbocycles. The quantitative estimate of drug-likeness (QED) is 0.794. The van der Waals surface area contributed by atoms with Crippen molar-refractivity contribution in [2.24, 2.45) is 5.92 Å². The van der Waals surface area contributed by atoms with Gasteiger partial charge in [0.15, 0.2) is 0 Å². The number of aliphatic carboxylic acids is 1. The molecular formula is C13H25N3O3. The maximum atomic E-state index is 12.0. The van der Waals surface area contributed by atoms with Crippen molar-refractivity contribution in [3.63, 3.8) is 0 Å². The molecule has 1 rings (SSSR count). The summed E-state index contributed by atoms with van der Waals surface area (Å²) in [5.41, 5.74) is 0. The highest BCUT2D eigenvalue weighted by Crippen LogP contribution is 2.14. The van der Waals surface area contributed by atoms with Crippen molar-refractivity contribution >= 4 is 12.0 Å². The van der Waals surface area contributed by atoms with Gasteiger partial charge in [-0.15, -0.1) is 0 Å². The smallest absolute Gasteiger partial charge is 0.326 e. The summed E-state index contributed by atoms with van der Waals surface area (Å²) in [7, 11) is 4.08. The van der Waals surface area contributed by atoms with Crippen molar-refractivity contribution in [3.05, 3.63) is 0 Å². The monoisotopic (exact) mass is 271 g/mol. The summed E-state index contributed by atoms with van der Waals surface area (Å²) < 4.78 is 0.